The number of carbonyl (C=O) groups excluding carboxylic acids is 2. The van der Waals surface area contributed by atoms with Crippen LogP contribution < -0.4 is 0 Å². The van der Waals surface area contributed by atoms with Crippen molar-refractivity contribution in [2.24, 2.45) is 17.3 Å². The van der Waals surface area contributed by atoms with Gasteiger partial charge in [0.1, 0.15) is 5.78 Å². The van der Waals surface area contributed by atoms with Gasteiger partial charge < -0.3 is 10.2 Å². The molecule has 1 fully saturated rings. The first-order valence-electron chi connectivity index (χ1n) is 7.98. The zero-order chi connectivity index (χ0) is 15.7. The lowest BCUT2D eigenvalue weighted by Gasteiger charge is -2.44. The zero-order valence-electron chi connectivity index (χ0n) is 12.6. The van der Waals surface area contributed by atoms with Crippen molar-refractivity contribution in [2.45, 2.75) is 44.8 Å². The maximum absolute atomic E-state index is 12.2. The lowest BCUT2D eigenvalue weighted by Crippen LogP contribution is -2.43. The number of Topliss-reactive ketones (excluding diaryl/α,β-unsaturated/α-hetero) is 1. The molecule has 0 aliphatic heterocycles. The van der Waals surface area contributed by atoms with Crippen molar-refractivity contribution in [3.8, 4) is 0 Å². The van der Waals surface area contributed by atoms with E-state index in [1.165, 1.54) is 0 Å². The van der Waals surface area contributed by atoms with Gasteiger partial charge in [0, 0.05) is 17.4 Å². The van der Waals surface area contributed by atoms with Gasteiger partial charge in [-0.15, -0.1) is 0 Å². The van der Waals surface area contributed by atoms with E-state index in [2.05, 4.69) is 0 Å². The van der Waals surface area contributed by atoms with Crippen molar-refractivity contribution >= 4 is 11.6 Å². The maximum Gasteiger partial charge on any atom is 0.197 e. The van der Waals surface area contributed by atoms with Crippen LogP contribution in [0.2, 0.25) is 0 Å². The van der Waals surface area contributed by atoms with Crippen LogP contribution in [0.15, 0.2) is 34.9 Å². The van der Waals surface area contributed by atoms with Crippen molar-refractivity contribution < 1.29 is 19.8 Å². The lowest BCUT2D eigenvalue weighted by atomic mass is 9.60. The molecule has 0 saturated heterocycles. The third-order valence-corrected chi connectivity index (χ3v) is 6.04. The van der Waals surface area contributed by atoms with Crippen LogP contribution in [0.3, 0.4) is 0 Å². The summed E-state index contributed by atoms with van der Waals surface area (Å²) < 4.78 is 0. The molecule has 4 nitrogen and oxygen atoms in total. The van der Waals surface area contributed by atoms with Gasteiger partial charge in [-0.3, -0.25) is 9.59 Å². The van der Waals surface area contributed by atoms with Crippen LogP contribution in [0.1, 0.15) is 39.0 Å². The summed E-state index contributed by atoms with van der Waals surface area (Å²) in [6.07, 6.45) is 8.14. The minimum Gasteiger partial charge on any atom is -0.362 e. The number of carbonyl (C=O) groups is 2. The SMILES string of the molecule is CC12C=CC3=C4C(=CC(=O)CC4(O)O)CCC3C1CCC2=O. The van der Waals surface area contributed by atoms with E-state index in [0.717, 1.165) is 24.0 Å². The van der Waals surface area contributed by atoms with Crippen LogP contribution in [-0.4, -0.2) is 27.6 Å². The smallest absolute Gasteiger partial charge is 0.197 e. The van der Waals surface area contributed by atoms with Gasteiger partial charge in [-0.25, -0.2) is 0 Å². The van der Waals surface area contributed by atoms with Crippen LogP contribution in [-0.2, 0) is 9.59 Å². The van der Waals surface area contributed by atoms with Crippen LogP contribution in [0.5, 0.6) is 0 Å². The monoisotopic (exact) mass is 300 g/mol. The van der Waals surface area contributed by atoms with Crippen molar-refractivity contribution in [1.29, 1.82) is 0 Å². The van der Waals surface area contributed by atoms with Gasteiger partial charge >= 0.3 is 0 Å². The number of hydrogen-bond donors (Lipinski definition) is 2. The molecule has 0 bridgehead atoms. The van der Waals surface area contributed by atoms with Gasteiger partial charge in [0.15, 0.2) is 11.6 Å². The average Bonchev–Trinajstić information content (AvgIpc) is 2.73. The fraction of sp³-hybridized carbons (Fsp3) is 0.556. The van der Waals surface area contributed by atoms with Gasteiger partial charge in [0.2, 0.25) is 0 Å². The molecule has 2 N–H and O–H groups in total. The second-order valence-electron chi connectivity index (χ2n) is 7.29. The number of ketones is 2. The number of rotatable bonds is 0. The molecule has 1 saturated carbocycles. The Hall–Kier alpha value is -1.52. The summed E-state index contributed by atoms with van der Waals surface area (Å²) >= 11 is 0. The molecule has 4 heteroatoms. The van der Waals surface area contributed by atoms with Crippen LogP contribution in [0.25, 0.3) is 0 Å². The predicted molar refractivity (Wildman–Crippen MR) is 79.6 cm³/mol. The topological polar surface area (TPSA) is 74.6 Å². The molecule has 0 heterocycles. The fourth-order valence-electron chi connectivity index (χ4n) is 4.96. The molecule has 3 atom stereocenters. The second-order valence-corrected chi connectivity index (χ2v) is 7.29. The van der Waals surface area contributed by atoms with Crippen LogP contribution in [0, 0.1) is 17.3 Å². The summed E-state index contributed by atoms with van der Waals surface area (Å²) in [6, 6.07) is 0. The largest absolute Gasteiger partial charge is 0.362 e. The maximum atomic E-state index is 12.2. The Labute approximate surface area is 129 Å². The van der Waals surface area contributed by atoms with E-state index in [4.69, 9.17) is 0 Å². The first-order valence-corrected chi connectivity index (χ1v) is 7.98. The highest BCUT2D eigenvalue weighted by Crippen LogP contribution is 2.56. The molecule has 0 aromatic carbocycles. The minimum absolute atomic E-state index is 0.181. The Morgan fingerprint density at radius 2 is 1.95 bits per heavy atom. The molecule has 0 aromatic rings. The van der Waals surface area contributed by atoms with E-state index in [9.17, 15) is 19.8 Å². The van der Waals surface area contributed by atoms with E-state index in [1.807, 2.05) is 19.1 Å². The van der Waals surface area contributed by atoms with Crippen LogP contribution in [0.4, 0.5) is 0 Å². The van der Waals surface area contributed by atoms with E-state index >= 15 is 0 Å². The Bertz CT molecular complexity index is 679. The average molecular weight is 300 g/mol. The van der Waals surface area contributed by atoms with Crippen molar-refractivity contribution in [1.82, 2.24) is 0 Å². The third kappa shape index (κ3) is 1.71. The molecular formula is C18H20O4. The Balaban J connectivity index is 1.91. The first kappa shape index (κ1) is 14.1. The van der Waals surface area contributed by atoms with Crippen molar-refractivity contribution in [3.05, 3.63) is 34.9 Å². The number of fused-ring (bicyclic) bond motifs is 4. The first-order chi connectivity index (χ1) is 10.3. The summed E-state index contributed by atoms with van der Waals surface area (Å²) in [5, 5.41) is 20.7. The molecule has 22 heavy (non-hydrogen) atoms. The second kappa shape index (κ2) is 4.27. The molecular weight excluding hydrogens is 280 g/mol. The highest BCUT2D eigenvalue weighted by molar-refractivity contribution is 5.94. The van der Waals surface area contributed by atoms with E-state index in [-0.39, 0.29) is 29.8 Å². The van der Waals surface area contributed by atoms with E-state index in [0.29, 0.717) is 18.4 Å². The van der Waals surface area contributed by atoms with Crippen molar-refractivity contribution in [3.63, 3.8) is 0 Å². The summed E-state index contributed by atoms with van der Waals surface area (Å²) in [6.45, 7) is 2.01. The van der Waals surface area contributed by atoms with Gasteiger partial charge in [0.05, 0.1) is 6.42 Å². The van der Waals surface area contributed by atoms with Gasteiger partial charge in [-0.05, 0) is 55.2 Å². The van der Waals surface area contributed by atoms with Gasteiger partial charge in [-0.1, -0.05) is 12.2 Å². The van der Waals surface area contributed by atoms with Gasteiger partial charge in [-0.2, -0.15) is 0 Å². The molecule has 4 aliphatic carbocycles. The Morgan fingerprint density at radius 3 is 2.73 bits per heavy atom. The standard InChI is InChI=1S/C18H20O4/c1-17-7-6-13-12(14(17)4-5-15(17)20)3-2-10-8-11(19)9-18(21,22)16(10)13/h6-8,12,14,21-22H,2-5,9H2,1H3. The summed E-state index contributed by atoms with van der Waals surface area (Å²) in [5.41, 5.74) is 1.78. The highest BCUT2D eigenvalue weighted by atomic mass is 16.5. The van der Waals surface area contributed by atoms with Crippen LogP contribution >= 0.6 is 0 Å². The number of hydrogen-bond acceptors (Lipinski definition) is 4. The Morgan fingerprint density at radius 1 is 1.18 bits per heavy atom. The zero-order valence-corrected chi connectivity index (χ0v) is 12.6. The number of allylic oxidation sites excluding steroid dienone is 4. The number of aliphatic hydroxyl groups is 2. The van der Waals surface area contributed by atoms with Gasteiger partial charge in [0.25, 0.3) is 0 Å². The normalized spacial score (nSPS) is 39.3. The molecule has 4 rings (SSSR count). The summed E-state index contributed by atoms with van der Waals surface area (Å²) in [5.74, 6) is -1.60. The molecule has 0 spiro atoms. The minimum atomic E-state index is -2.07. The highest BCUT2D eigenvalue weighted by Gasteiger charge is 2.53. The molecule has 4 aliphatic rings. The third-order valence-electron chi connectivity index (χ3n) is 6.04. The molecule has 116 valence electrons. The lowest BCUT2D eigenvalue weighted by molar-refractivity contribution is -0.149. The quantitative estimate of drug-likeness (QED) is 0.669. The Kier molecular flexibility index (Phi) is 2.73. The fourth-order valence-corrected chi connectivity index (χ4v) is 4.96. The van der Waals surface area contributed by atoms with E-state index < -0.39 is 11.2 Å². The summed E-state index contributed by atoms with van der Waals surface area (Å²) in [4.78, 5) is 23.9. The summed E-state index contributed by atoms with van der Waals surface area (Å²) in [7, 11) is 0. The van der Waals surface area contributed by atoms with E-state index in [1.54, 1.807) is 6.08 Å². The molecule has 3 unspecified atom stereocenters. The van der Waals surface area contributed by atoms with Crippen molar-refractivity contribution in [2.75, 3.05) is 0 Å². The molecule has 0 amide bonds. The predicted octanol–water partition coefficient (Wildman–Crippen LogP) is 1.83. The molecule has 0 aromatic heterocycles. The molecule has 0 radical (unpaired) electrons.